The summed E-state index contributed by atoms with van der Waals surface area (Å²) in [7, 11) is -4.19. The Morgan fingerprint density at radius 1 is 1.36 bits per heavy atom. The molecule has 16 heteroatoms. The van der Waals surface area contributed by atoms with Gasteiger partial charge in [-0.05, 0) is 43.5 Å². The molecule has 2 aromatic heterocycles. The van der Waals surface area contributed by atoms with Crippen molar-refractivity contribution in [3.05, 3.63) is 52.7 Å². The Balaban J connectivity index is 1.64. The standard InChI is InChI=1S/C26H28ClF2N4O8P/c1-14(2)39-23(36)15(3)13-42(37,41-16-7-5-4-6-8-16)38-12-18-20(34)26(29,9-10-27)24(40-18)33-11-17(28)19-21(33)31-25(30)32-22(19)35/h4-8,11,14-15,18,20,24,34H,12-13H2,1-3H3,(H3,30,31,32,35)/t15-,18-,20+,24-,26?,42+/m1/s1. The van der Waals surface area contributed by atoms with Gasteiger partial charge in [0.05, 0.1) is 24.8 Å². The van der Waals surface area contributed by atoms with Crippen LogP contribution in [0.4, 0.5) is 14.7 Å². The van der Waals surface area contributed by atoms with Crippen LogP contribution in [0.5, 0.6) is 5.75 Å². The molecule has 0 bridgehead atoms. The number of nitrogen functional groups attached to an aromatic ring is 1. The van der Waals surface area contributed by atoms with Gasteiger partial charge in [-0.15, -0.1) is 0 Å². The number of hydrogen-bond donors (Lipinski definition) is 3. The van der Waals surface area contributed by atoms with Gasteiger partial charge in [-0.3, -0.25) is 23.7 Å². The molecule has 1 aliphatic rings. The Morgan fingerprint density at radius 3 is 2.69 bits per heavy atom. The molecule has 12 nitrogen and oxygen atoms in total. The maximum atomic E-state index is 16.3. The van der Waals surface area contributed by atoms with Crippen molar-refractivity contribution in [2.24, 2.45) is 5.92 Å². The molecular formula is C26H28ClF2N4O8P. The number of anilines is 1. The molecule has 4 N–H and O–H groups in total. The van der Waals surface area contributed by atoms with E-state index in [0.717, 1.165) is 10.8 Å². The second kappa shape index (κ2) is 12.4. The number of ether oxygens (including phenoxy) is 2. The van der Waals surface area contributed by atoms with E-state index in [-0.39, 0.29) is 17.3 Å². The molecule has 0 saturated carbocycles. The number of benzene rings is 1. The fourth-order valence-electron chi connectivity index (χ4n) is 4.37. The molecule has 3 aromatic rings. The van der Waals surface area contributed by atoms with E-state index in [4.69, 9.17) is 35.9 Å². The first kappa shape index (κ1) is 31.5. The average Bonchev–Trinajstić information content (AvgIpc) is 3.36. The number of aliphatic hydroxyl groups excluding tert-OH is 1. The van der Waals surface area contributed by atoms with E-state index in [1.807, 2.05) is 11.3 Å². The smallest absolute Gasteiger partial charge is 0.380 e. The van der Waals surface area contributed by atoms with Crippen molar-refractivity contribution in [1.82, 2.24) is 14.5 Å². The lowest BCUT2D eigenvalue weighted by atomic mass is 9.97. The summed E-state index contributed by atoms with van der Waals surface area (Å²) in [5, 5.41) is 12.3. The highest BCUT2D eigenvalue weighted by molar-refractivity contribution is 7.54. The second-order valence-electron chi connectivity index (χ2n) is 9.87. The minimum absolute atomic E-state index is 0.159. The maximum absolute atomic E-state index is 16.3. The van der Waals surface area contributed by atoms with Crippen molar-refractivity contribution in [2.75, 3.05) is 18.5 Å². The summed E-state index contributed by atoms with van der Waals surface area (Å²) in [5.74, 6) is -0.855. The highest BCUT2D eigenvalue weighted by atomic mass is 35.5. The number of nitrogens with two attached hydrogens (primary N) is 1. The SMILES string of the molecule is CC(C)OC(=O)[C@H](C)C[P@](=O)(OC[C@H]1O[C@@H](n2cc(F)c3c(=O)[nH]c(N)nc32)C(F)(C#CCl)[C@H]1O)Oc1ccccc1. The zero-order chi connectivity index (χ0) is 30.8. The quantitative estimate of drug-likeness (QED) is 0.172. The van der Waals surface area contributed by atoms with E-state index >= 15 is 4.39 Å². The number of hydrogen-bond acceptors (Lipinski definition) is 10. The largest absolute Gasteiger partial charge is 0.463 e. The number of carbonyl (C=O) groups excluding carboxylic acids is 1. The van der Waals surface area contributed by atoms with Crippen LogP contribution in [-0.4, -0.2) is 62.4 Å². The fourth-order valence-corrected chi connectivity index (χ4v) is 6.39. The Bertz CT molecular complexity index is 1630. The summed E-state index contributed by atoms with van der Waals surface area (Å²) in [6.07, 6.45) is -5.66. The summed E-state index contributed by atoms with van der Waals surface area (Å²) in [5.41, 5.74) is 1.30. The number of H-pyrrole nitrogens is 1. The molecule has 0 spiro atoms. The van der Waals surface area contributed by atoms with Crippen LogP contribution in [0.3, 0.4) is 0 Å². The number of para-hydroxylation sites is 1. The summed E-state index contributed by atoms with van der Waals surface area (Å²) < 4.78 is 67.9. The number of nitrogens with zero attached hydrogens (tertiary/aromatic N) is 2. The second-order valence-corrected chi connectivity index (χ2v) is 12.1. The minimum Gasteiger partial charge on any atom is -0.463 e. The van der Waals surface area contributed by atoms with Gasteiger partial charge in [-0.1, -0.05) is 25.1 Å². The average molecular weight is 629 g/mol. The normalized spacial score (nSPS) is 24.1. The summed E-state index contributed by atoms with van der Waals surface area (Å²) >= 11 is 5.49. The van der Waals surface area contributed by atoms with Crippen LogP contribution in [0.2, 0.25) is 0 Å². The number of fused-ring (bicyclic) bond motifs is 1. The van der Waals surface area contributed by atoms with E-state index in [1.165, 1.54) is 19.1 Å². The van der Waals surface area contributed by atoms with E-state index < -0.39 is 79.2 Å². The zero-order valence-electron chi connectivity index (χ0n) is 22.6. The molecule has 3 heterocycles. The molecule has 1 aromatic carbocycles. The maximum Gasteiger partial charge on any atom is 0.380 e. The van der Waals surface area contributed by atoms with Gasteiger partial charge < -0.3 is 24.8 Å². The number of carbonyl (C=O) groups is 1. The van der Waals surface area contributed by atoms with Gasteiger partial charge in [0.2, 0.25) is 11.6 Å². The Hall–Kier alpha value is -3.47. The molecule has 1 unspecified atom stereocenters. The van der Waals surface area contributed by atoms with Gasteiger partial charge in [0.1, 0.15) is 23.3 Å². The van der Waals surface area contributed by atoms with E-state index in [2.05, 4.69) is 9.97 Å². The van der Waals surface area contributed by atoms with Crippen molar-refractivity contribution >= 4 is 42.1 Å². The number of aromatic amines is 1. The number of esters is 1. The molecule has 4 rings (SSSR count). The predicted octanol–water partition coefficient (Wildman–Crippen LogP) is 3.49. The molecule has 0 amide bonds. The summed E-state index contributed by atoms with van der Waals surface area (Å²) in [6, 6.07) is 7.98. The minimum atomic E-state index is -4.19. The Labute approximate surface area is 243 Å². The third kappa shape index (κ3) is 6.45. The van der Waals surface area contributed by atoms with Crippen molar-refractivity contribution in [2.45, 2.75) is 51.0 Å². The lowest BCUT2D eigenvalue weighted by molar-refractivity contribution is -0.151. The van der Waals surface area contributed by atoms with Crippen molar-refractivity contribution in [3.8, 4) is 17.0 Å². The zero-order valence-corrected chi connectivity index (χ0v) is 24.3. The first-order valence-electron chi connectivity index (χ1n) is 12.7. The molecule has 1 saturated heterocycles. The number of alkyl halides is 1. The number of halogens is 3. The molecule has 42 heavy (non-hydrogen) atoms. The van der Waals surface area contributed by atoms with Gasteiger partial charge in [0, 0.05) is 11.6 Å². The first-order valence-corrected chi connectivity index (χ1v) is 14.8. The number of aromatic nitrogens is 3. The number of rotatable bonds is 10. The molecule has 1 fully saturated rings. The van der Waals surface area contributed by atoms with Gasteiger partial charge in [-0.2, -0.15) is 4.98 Å². The predicted molar refractivity (Wildman–Crippen MR) is 148 cm³/mol. The Kier molecular flexibility index (Phi) is 9.30. The van der Waals surface area contributed by atoms with Gasteiger partial charge in [0.25, 0.3) is 5.56 Å². The van der Waals surface area contributed by atoms with Crippen LogP contribution in [0.15, 0.2) is 41.3 Å². The monoisotopic (exact) mass is 628 g/mol. The van der Waals surface area contributed by atoms with Crippen molar-refractivity contribution in [3.63, 3.8) is 0 Å². The molecular weight excluding hydrogens is 601 g/mol. The lowest BCUT2D eigenvalue weighted by Crippen LogP contribution is -2.42. The van der Waals surface area contributed by atoms with Crippen LogP contribution in [0, 0.1) is 23.0 Å². The number of aliphatic hydroxyl groups is 1. The van der Waals surface area contributed by atoms with E-state index in [1.54, 1.807) is 32.0 Å². The van der Waals surface area contributed by atoms with Crippen LogP contribution in [-0.2, 0) is 23.4 Å². The van der Waals surface area contributed by atoms with E-state index in [9.17, 15) is 23.7 Å². The van der Waals surface area contributed by atoms with Crippen molar-refractivity contribution in [1.29, 1.82) is 0 Å². The van der Waals surface area contributed by atoms with Crippen molar-refractivity contribution < 1.29 is 41.8 Å². The van der Waals surface area contributed by atoms with Gasteiger partial charge in [-0.25, -0.2) is 13.3 Å². The van der Waals surface area contributed by atoms with Crippen LogP contribution < -0.4 is 15.8 Å². The molecule has 1 aliphatic heterocycles. The van der Waals surface area contributed by atoms with Crippen LogP contribution in [0.25, 0.3) is 11.0 Å². The highest BCUT2D eigenvalue weighted by Crippen LogP contribution is 2.51. The van der Waals surface area contributed by atoms with Crippen LogP contribution >= 0.6 is 19.2 Å². The Morgan fingerprint density at radius 2 is 2.05 bits per heavy atom. The molecule has 0 radical (unpaired) electrons. The summed E-state index contributed by atoms with van der Waals surface area (Å²) in [4.78, 5) is 30.7. The third-order valence-corrected chi connectivity index (χ3v) is 8.39. The summed E-state index contributed by atoms with van der Waals surface area (Å²) in [6.45, 7) is 4.06. The topological polar surface area (TPSA) is 168 Å². The number of nitrogens with one attached hydrogen (secondary N) is 1. The van der Waals surface area contributed by atoms with Gasteiger partial charge in [0.15, 0.2) is 17.7 Å². The highest BCUT2D eigenvalue weighted by Gasteiger charge is 2.58. The molecule has 0 aliphatic carbocycles. The van der Waals surface area contributed by atoms with Crippen LogP contribution in [0.1, 0.15) is 27.0 Å². The fraction of sp³-hybridized carbons (Fsp3) is 0.423. The van der Waals surface area contributed by atoms with E-state index in [0.29, 0.717) is 0 Å². The molecule has 6 atom stereocenters. The lowest BCUT2D eigenvalue weighted by Gasteiger charge is -2.24. The third-order valence-electron chi connectivity index (χ3n) is 6.27. The van der Waals surface area contributed by atoms with Gasteiger partial charge >= 0.3 is 13.6 Å². The molecule has 226 valence electrons. The first-order chi connectivity index (χ1) is 19.8.